The van der Waals surface area contributed by atoms with E-state index < -0.39 is 0 Å². The SMILES string of the molecule is CC(=C1C=CC=C1)C1CCCCC1. The monoisotopic (exact) mass is 174 g/mol. The molecule has 0 radical (unpaired) electrons. The molecule has 0 unspecified atom stereocenters. The minimum absolute atomic E-state index is 0.871. The lowest BCUT2D eigenvalue weighted by Gasteiger charge is -2.23. The Morgan fingerprint density at radius 2 is 1.69 bits per heavy atom. The maximum atomic E-state index is 2.31. The summed E-state index contributed by atoms with van der Waals surface area (Å²) >= 11 is 0. The summed E-state index contributed by atoms with van der Waals surface area (Å²) in [5.74, 6) is 0.871. The zero-order chi connectivity index (χ0) is 9.10. The van der Waals surface area contributed by atoms with Crippen LogP contribution in [-0.2, 0) is 0 Å². The fraction of sp³-hybridized carbons (Fsp3) is 0.538. The molecule has 0 heteroatoms. The lowest BCUT2D eigenvalue weighted by molar-refractivity contribution is 0.402. The Bertz CT molecular complexity index is 246. The molecule has 0 N–H and O–H groups in total. The average Bonchev–Trinajstić information content (AvgIpc) is 2.71. The lowest BCUT2D eigenvalue weighted by Crippen LogP contribution is -2.08. The second-order valence-electron chi connectivity index (χ2n) is 4.19. The Labute approximate surface area is 81.0 Å². The molecule has 1 saturated carbocycles. The summed E-state index contributed by atoms with van der Waals surface area (Å²) in [5, 5.41) is 0. The van der Waals surface area contributed by atoms with Crippen LogP contribution in [0.1, 0.15) is 39.0 Å². The molecule has 0 amide bonds. The van der Waals surface area contributed by atoms with Crippen molar-refractivity contribution >= 4 is 0 Å². The van der Waals surface area contributed by atoms with Crippen molar-refractivity contribution in [1.29, 1.82) is 0 Å². The topological polar surface area (TPSA) is 0 Å². The third-order valence-corrected chi connectivity index (χ3v) is 3.34. The molecule has 0 nitrogen and oxygen atoms in total. The summed E-state index contributed by atoms with van der Waals surface area (Å²) in [6.07, 6.45) is 15.9. The van der Waals surface area contributed by atoms with Crippen LogP contribution in [0, 0.1) is 5.92 Å². The van der Waals surface area contributed by atoms with Crippen LogP contribution in [0.25, 0.3) is 0 Å². The zero-order valence-corrected chi connectivity index (χ0v) is 8.42. The smallest absolute Gasteiger partial charge is 0.0197 e. The van der Waals surface area contributed by atoms with E-state index in [4.69, 9.17) is 0 Å². The average molecular weight is 174 g/mol. The Balaban J connectivity index is 2.10. The standard InChI is InChI=1S/C13H18/c1-11(13-9-5-6-10-13)12-7-3-2-4-8-12/h5-6,9-10,12H,2-4,7-8H2,1H3. The molecule has 0 spiro atoms. The van der Waals surface area contributed by atoms with E-state index >= 15 is 0 Å². The van der Waals surface area contributed by atoms with Gasteiger partial charge in [0, 0.05) is 0 Å². The molecule has 0 atom stereocenters. The molecule has 0 aromatic carbocycles. The van der Waals surface area contributed by atoms with Crippen LogP contribution in [0.15, 0.2) is 35.5 Å². The Hall–Kier alpha value is -0.780. The largest absolute Gasteiger partial charge is 0.0630 e. The summed E-state index contributed by atoms with van der Waals surface area (Å²) in [7, 11) is 0. The fourth-order valence-electron chi connectivity index (χ4n) is 2.41. The lowest BCUT2D eigenvalue weighted by atomic mass is 9.82. The first-order valence-electron chi connectivity index (χ1n) is 5.43. The highest BCUT2D eigenvalue weighted by Crippen LogP contribution is 2.32. The Kier molecular flexibility index (Phi) is 2.68. The molecular weight excluding hydrogens is 156 g/mol. The zero-order valence-electron chi connectivity index (χ0n) is 8.42. The highest BCUT2D eigenvalue weighted by Gasteiger charge is 2.16. The molecule has 0 heterocycles. The van der Waals surface area contributed by atoms with Gasteiger partial charge in [-0.3, -0.25) is 0 Å². The van der Waals surface area contributed by atoms with Crippen molar-refractivity contribution in [2.75, 3.05) is 0 Å². The van der Waals surface area contributed by atoms with Crippen LogP contribution in [0.2, 0.25) is 0 Å². The Morgan fingerprint density at radius 3 is 2.31 bits per heavy atom. The van der Waals surface area contributed by atoms with E-state index in [1.807, 2.05) is 0 Å². The summed E-state index contributed by atoms with van der Waals surface area (Å²) < 4.78 is 0. The van der Waals surface area contributed by atoms with E-state index in [1.54, 1.807) is 5.57 Å². The van der Waals surface area contributed by atoms with Gasteiger partial charge in [0.2, 0.25) is 0 Å². The minimum atomic E-state index is 0.871. The van der Waals surface area contributed by atoms with Crippen molar-refractivity contribution in [2.45, 2.75) is 39.0 Å². The molecule has 2 rings (SSSR count). The third-order valence-electron chi connectivity index (χ3n) is 3.34. The number of hydrogen-bond donors (Lipinski definition) is 0. The van der Waals surface area contributed by atoms with Crippen LogP contribution in [-0.4, -0.2) is 0 Å². The van der Waals surface area contributed by atoms with Crippen molar-refractivity contribution in [3.8, 4) is 0 Å². The first-order chi connectivity index (χ1) is 6.38. The highest BCUT2D eigenvalue weighted by molar-refractivity contribution is 5.43. The maximum absolute atomic E-state index is 2.31. The molecule has 0 aromatic heterocycles. The summed E-state index contributed by atoms with van der Waals surface area (Å²) in [4.78, 5) is 0. The summed E-state index contributed by atoms with van der Waals surface area (Å²) in [6, 6.07) is 0. The minimum Gasteiger partial charge on any atom is -0.0630 e. The molecule has 2 aliphatic carbocycles. The van der Waals surface area contributed by atoms with Crippen molar-refractivity contribution in [2.24, 2.45) is 5.92 Å². The molecule has 0 aromatic rings. The second-order valence-corrected chi connectivity index (χ2v) is 4.19. The molecule has 0 bridgehead atoms. The first kappa shape index (κ1) is 8.80. The van der Waals surface area contributed by atoms with Gasteiger partial charge in [-0.2, -0.15) is 0 Å². The van der Waals surface area contributed by atoms with Crippen molar-refractivity contribution in [3.05, 3.63) is 35.5 Å². The summed E-state index contributed by atoms with van der Waals surface area (Å²) in [6.45, 7) is 2.31. The van der Waals surface area contributed by atoms with Gasteiger partial charge in [0.25, 0.3) is 0 Å². The number of rotatable bonds is 1. The predicted octanol–water partition coefficient (Wildman–Crippen LogP) is 4.01. The van der Waals surface area contributed by atoms with Crippen LogP contribution >= 0.6 is 0 Å². The molecule has 70 valence electrons. The van der Waals surface area contributed by atoms with Gasteiger partial charge in [-0.15, -0.1) is 0 Å². The first-order valence-corrected chi connectivity index (χ1v) is 5.43. The van der Waals surface area contributed by atoms with Crippen molar-refractivity contribution in [1.82, 2.24) is 0 Å². The number of hydrogen-bond acceptors (Lipinski definition) is 0. The third kappa shape index (κ3) is 1.93. The quantitative estimate of drug-likeness (QED) is 0.563. The highest BCUT2D eigenvalue weighted by atomic mass is 14.2. The van der Waals surface area contributed by atoms with Crippen LogP contribution in [0.5, 0.6) is 0 Å². The van der Waals surface area contributed by atoms with E-state index in [-0.39, 0.29) is 0 Å². The van der Waals surface area contributed by atoms with E-state index in [0.717, 1.165) is 5.92 Å². The van der Waals surface area contributed by atoms with Crippen molar-refractivity contribution < 1.29 is 0 Å². The van der Waals surface area contributed by atoms with Gasteiger partial charge in [-0.25, -0.2) is 0 Å². The normalized spacial score (nSPS) is 22.7. The second kappa shape index (κ2) is 3.95. The van der Waals surface area contributed by atoms with Gasteiger partial charge >= 0.3 is 0 Å². The van der Waals surface area contributed by atoms with Crippen molar-refractivity contribution in [3.63, 3.8) is 0 Å². The Morgan fingerprint density at radius 1 is 1.08 bits per heavy atom. The fourth-order valence-corrected chi connectivity index (χ4v) is 2.41. The van der Waals surface area contributed by atoms with Crippen LogP contribution in [0.3, 0.4) is 0 Å². The maximum Gasteiger partial charge on any atom is -0.0197 e. The molecule has 13 heavy (non-hydrogen) atoms. The van der Waals surface area contributed by atoms with Crippen LogP contribution < -0.4 is 0 Å². The van der Waals surface area contributed by atoms with Gasteiger partial charge in [0.1, 0.15) is 0 Å². The van der Waals surface area contributed by atoms with E-state index in [0.29, 0.717) is 0 Å². The van der Waals surface area contributed by atoms with E-state index in [2.05, 4.69) is 31.2 Å². The number of allylic oxidation sites excluding steroid dienone is 6. The van der Waals surface area contributed by atoms with Gasteiger partial charge in [-0.1, -0.05) is 49.1 Å². The van der Waals surface area contributed by atoms with Gasteiger partial charge in [-0.05, 0) is 31.3 Å². The molecule has 0 saturated heterocycles. The molecular formula is C13H18. The summed E-state index contributed by atoms with van der Waals surface area (Å²) in [5.41, 5.74) is 3.08. The van der Waals surface area contributed by atoms with E-state index in [1.165, 1.54) is 37.7 Å². The molecule has 0 aliphatic heterocycles. The van der Waals surface area contributed by atoms with Crippen LogP contribution in [0.4, 0.5) is 0 Å². The van der Waals surface area contributed by atoms with Gasteiger partial charge in [0.05, 0.1) is 0 Å². The molecule has 1 fully saturated rings. The predicted molar refractivity (Wildman–Crippen MR) is 57.6 cm³/mol. The van der Waals surface area contributed by atoms with Gasteiger partial charge < -0.3 is 0 Å². The molecule has 2 aliphatic rings. The van der Waals surface area contributed by atoms with Gasteiger partial charge in [0.15, 0.2) is 0 Å². The van der Waals surface area contributed by atoms with E-state index in [9.17, 15) is 0 Å².